The Balaban J connectivity index is 0.00000676. The summed E-state index contributed by atoms with van der Waals surface area (Å²) in [6, 6.07) is 12.8. The molecule has 0 aliphatic carbocycles. The number of fused-ring (bicyclic) bond motifs is 1. The first kappa shape index (κ1) is 40.8. The topological polar surface area (TPSA) is 127 Å². The summed E-state index contributed by atoms with van der Waals surface area (Å²) >= 11 is 16.8. The molecular weight excluding hydrogens is 775 g/mol. The molecule has 270 valence electrons. The smallest absolute Gasteiger partial charge is 0.319 e. The minimum Gasteiger partial charge on any atom is -0.485 e. The second-order valence-electron chi connectivity index (χ2n) is 10.7. The van der Waals surface area contributed by atoms with E-state index in [0.29, 0.717) is 78.4 Å². The molecule has 2 N–H and O–H groups in total. The number of aryl methyl sites for hydroxylation is 1. The van der Waals surface area contributed by atoms with Crippen molar-refractivity contribution in [2.45, 2.75) is 27.4 Å². The molecular formula is C34H40BrCl3N6O6. The summed E-state index contributed by atoms with van der Waals surface area (Å²) in [5.74, 6) is -0.118. The Morgan fingerprint density at radius 3 is 2.38 bits per heavy atom. The highest BCUT2D eigenvalue weighted by molar-refractivity contribution is 9.10. The Bertz CT molecular complexity index is 1780. The summed E-state index contributed by atoms with van der Waals surface area (Å²) in [6.07, 6.45) is 1.87. The number of carbonyl (C=O) groups is 3. The Hall–Kier alpha value is -3.59. The van der Waals surface area contributed by atoms with Gasteiger partial charge in [0.1, 0.15) is 11.2 Å². The number of nitrogens with one attached hydrogen (secondary N) is 2. The molecule has 0 aliphatic heterocycles. The minimum absolute atomic E-state index is 0. The quantitative estimate of drug-likeness (QED) is 0.117. The number of hydrogen-bond acceptors (Lipinski definition) is 7. The summed E-state index contributed by atoms with van der Waals surface area (Å²) < 4.78 is 19.6. The molecule has 0 bridgehead atoms. The van der Waals surface area contributed by atoms with Crippen molar-refractivity contribution in [1.29, 1.82) is 0 Å². The maximum Gasteiger partial charge on any atom is 0.319 e. The predicted octanol–water partition coefficient (Wildman–Crippen LogP) is 7.01. The van der Waals surface area contributed by atoms with E-state index in [-0.39, 0.29) is 36.5 Å². The normalized spacial score (nSPS) is 10.8. The van der Waals surface area contributed by atoms with Gasteiger partial charge in [0.15, 0.2) is 11.4 Å². The zero-order valence-corrected chi connectivity index (χ0v) is 32.0. The summed E-state index contributed by atoms with van der Waals surface area (Å²) in [6.45, 7) is 8.06. The standard InChI is InChI=1S/C34H39BrCl2N6O6.ClH/c1-5-47-17-15-42(16-18-48-6-2)33(45)23-9-7-10-24(19-23)40-34(46)38-20-29(44)41(4)27-13-12-26(36)25(30(27)37)21-49-28-11-8-14-43-31(35)22(3)39-32(28)43;/h7-14,19H,5-6,15-18,20-21H2,1-4H3,(H2,38,40,46);1H. The van der Waals surface area contributed by atoms with Gasteiger partial charge in [-0.15, -0.1) is 12.4 Å². The molecule has 0 saturated carbocycles. The fourth-order valence-corrected chi connectivity index (χ4v) is 5.80. The molecule has 2 aromatic carbocycles. The van der Waals surface area contributed by atoms with Crippen molar-refractivity contribution in [1.82, 2.24) is 19.6 Å². The molecule has 16 heteroatoms. The summed E-state index contributed by atoms with van der Waals surface area (Å²) in [5, 5.41) is 5.85. The first-order valence-electron chi connectivity index (χ1n) is 15.6. The lowest BCUT2D eigenvalue weighted by atomic mass is 10.1. The van der Waals surface area contributed by atoms with Crippen LogP contribution in [0.15, 0.2) is 59.3 Å². The molecule has 4 aromatic rings. The number of nitrogens with zero attached hydrogens (tertiary/aromatic N) is 4. The molecule has 4 amide bonds. The van der Waals surface area contributed by atoms with Crippen LogP contribution in [0, 0.1) is 6.92 Å². The molecule has 4 rings (SSSR count). The van der Waals surface area contributed by atoms with Crippen LogP contribution in [-0.4, -0.2) is 85.2 Å². The SMILES string of the molecule is CCOCCN(CCOCC)C(=O)c1cccc(NC(=O)NCC(=O)N(C)c2ccc(Cl)c(COc3cccn4c(Br)c(C)nc34)c2Cl)c1.Cl. The molecule has 0 spiro atoms. The molecule has 0 aliphatic rings. The van der Waals surface area contributed by atoms with Gasteiger partial charge in [-0.25, -0.2) is 9.78 Å². The number of hydrogen-bond donors (Lipinski definition) is 2. The van der Waals surface area contributed by atoms with E-state index in [2.05, 4.69) is 31.5 Å². The van der Waals surface area contributed by atoms with E-state index in [9.17, 15) is 14.4 Å². The number of carbonyl (C=O) groups excluding carboxylic acids is 3. The van der Waals surface area contributed by atoms with E-state index >= 15 is 0 Å². The fraction of sp³-hybridized carbons (Fsp3) is 0.353. The van der Waals surface area contributed by atoms with Gasteiger partial charge in [-0.05, 0) is 79.2 Å². The van der Waals surface area contributed by atoms with Crippen LogP contribution >= 0.6 is 51.5 Å². The molecule has 50 heavy (non-hydrogen) atoms. The van der Waals surface area contributed by atoms with Crippen LogP contribution in [0.5, 0.6) is 5.75 Å². The molecule has 0 saturated heterocycles. The van der Waals surface area contributed by atoms with Crippen LogP contribution in [0.4, 0.5) is 16.2 Å². The van der Waals surface area contributed by atoms with E-state index in [4.69, 9.17) is 37.4 Å². The second-order valence-corrected chi connectivity index (χ2v) is 12.3. The molecule has 0 atom stereocenters. The molecule has 2 heterocycles. The number of halogens is 4. The highest BCUT2D eigenvalue weighted by Gasteiger charge is 2.21. The second kappa shape index (κ2) is 19.7. The van der Waals surface area contributed by atoms with Gasteiger partial charge in [0.2, 0.25) is 5.91 Å². The number of ether oxygens (including phenoxy) is 3. The number of rotatable bonds is 16. The molecule has 0 fully saturated rings. The number of likely N-dealkylation sites (N-methyl/N-ethyl adjacent to an activating group) is 1. The van der Waals surface area contributed by atoms with Gasteiger partial charge in [-0.3, -0.25) is 14.0 Å². The van der Waals surface area contributed by atoms with Crippen molar-refractivity contribution >= 4 is 86.4 Å². The van der Waals surface area contributed by atoms with E-state index in [0.717, 1.165) is 10.3 Å². The third-order valence-electron chi connectivity index (χ3n) is 7.46. The number of pyridine rings is 1. The minimum atomic E-state index is -0.623. The van der Waals surface area contributed by atoms with Gasteiger partial charge in [-0.2, -0.15) is 0 Å². The first-order valence-corrected chi connectivity index (χ1v) is 17.2. The fourth-order valence-electron chi connectivity index (χ4n) is 4.82. The van der Waals surface area contributed by atoms with Crippen LogP contribution in [0.3, 0.4) is 0 Å². The summed E-state index contributed by atoms with van der Waals surface area (Å²) in [4.78, 5) is 46.7. The van der Waals surface area contributed by atoms with Crippen LogP contribution < -0.4 is 20.3 Å². The van der Waals surface area contributed by atoms with Gasteiger partial charge in [0, 0.05) is 61.4 Å². The van der Waals surface area contributed by atoms with Crippen molar-refractivity contribution < 1.29 is 28.6 Å². The number of urea groups is 1. The largest absolute Gasteiger partial charge is 0.485 e. The van der Waals surface area contributed by atoms with Crippen molar-refractivity contribution in [2.75, 3.05) is 63.3 Å². The van der Waals surface area contributed by atoms with Gasteiger partial charge in [0.05, 0.1) is 36.2 Å². The molecule has 0 radical (unpaired) electrons. The third kappa shape index (κ3) is 10.5. The molecule has 2 aromatic heterocycles. The highest BCUT2D eigenvalue weighted by Crippen LogP contribution is 2.35. The van der Waals surface area contributed by atoms with E-state index in [1.54, 1.807) is 54.4 Å². The van der Waals surface area contributed by atoms with Crippen molar-refractivity contribution in [3.05, 3.63) is 86.2 Å². The Labute approximate surface area is 315 Å². The zero-order valence-electron chi connectivity index (χ0n) is 28.1. The molecule has 0 unspecified atom stereocenters. The summed E-state index contributed by atoms with van der Waals surface area (Å²) in [7, 11) is 1.55. The average Bonchev–Trinajstić information content (AvgIpc) is 3.39. The number of aromatic nitrogens is 2. The Morgan fingerprint density at radius 2 is 1.70 bits per heavy atom. The monoisotopic (exact) mass is 812 g/mol. The maximum atomic E-state index is 13.3. The number of imidazole rings is 1. The van der Waals surface area contributed by atoms with E-state index in [1.807, 2.05) is 37.4 Å². The third-order valence-corrected chi connectivity index (χ3v) is 9.19. The van der Waals surface area contributed by atoms with Gasteiger partial charge >= 0.3 is 6.03 Å². The van der Waals surface area contributed by atoms with Gasteiger partial charge in [0.25, 0.3) is 5.91 Å². The highest BCUT2D eigenvalue weighted by atomic mass is 79.9. The Morgan fingerprint density at radius 1 is 1.00 bits per heavy atom. The van der Waals surface area contributed by atoms with Crippen molar-refractivity contribution in [3.8, 4) is 5.75 Å². The predicted molar refractivity (Wildman–Crippen MR) is 201 cm³/mol. The van der Waals surface area contributed by atoms with E-state index in [1.165, 1.54) is 4.90 Å². The van der Waals surface area contributed by atoms with E-state index < -0.39 is 11.9 Å². The van der Waals surface area contributed by atoms with Crippen LogP contribution in [0.1, 0.15) is 35.5 Å². The van der Waals surface area contributed by atoms with Gasteiger partial charge < -0.3 is 34.6 Å². The average molecular weight is 815 g/mol. The first-order chi connectivity index (χ1) is 23.5. The van der Waals surface area contributed by atoms with Crippen molar-refractivity contribution in [2.24, 2.45) is 0 Å². The number of benzene rings is 2. The number of anilines is 2. The lowest BCUT2D eigenvalue weighted by molar-refractivity contribution is -0.117. The Kier molecular flexibility index (Phi) is 16.1. The maximum absolute atomic E-state index is 13.3. The summed E-state index contributed by atoms with van der Waals surface area (Å²) in [5.41, 5.74) is 3.09. The zero-order chi connectivity index (χ0) is 35.5. The van der Waals surface area contributed by atoms with Crippen LogP contribution in [0.2, 0.25) is 10.0 Å². The van der Waals surface area contributed by atoms with Gasteiger partial charge in [-0.1, -0.05) is 29.3 Å². The van der Waals surface area contributed by atoms with Crippen LogP contribution in [-0.2, 0) is 20.9 Å². The number of amides is 4. The van der Waals surface area contributed by atoms with Crippen molar-refractivity contribution in [3.63, 3.8) is 0 Å². The lowest BCUT2D eigenvalue weighted by Crippen LogP contribution is -2.40. The lowest BCUT2D eigenvalue weighted by Gasteiger charge is -2.23. The molecule has 12 nitrogen and oxygen atoms in total. The van der Waals surface area contributed by atoms with Crippen LogP contribution in [0.25, 0.3) is 5.65 Å².